The molecule has 2 aromatic carbocycles. The highest BCUT2D eigenvalue weighted by atomic mass is 16.2. The van der Waals surface area contributed by atoms with Crippen molar-refractivity contribution in [3.63, 3.8) is 0 Å². The highest BCUT2D eigenvalue weighted by Gasteiger charge is 2.21. The molecular formula is C19H23N3O. The number of nitrogens with zero attached hydrogens (tertiary/aromatic N) is 2. The van der Waals surface area contributed by atoms with E-state index in [-0.39, 0.29) is 5.91 Å². The molecule has 0 unspecified atom stereocenters. The van der Waals surface area contributed by atoms with E-state index in [1.165, 1.54) is 11.3 Å². The SMILES string of the molecule is Cc1cccc(N2CCN(C(=O)Cc3ccc(N)cc3)CC2)c1. The van der Waals surface area contributed by atoms with Crippen LogP contribution in [0.5, 0.6) is 0 Å². The first-order valence-corrected chi connectivity index (χ1v) is 8.05. The largest absolute Gasteiger partial charge is 0.399 e. The van der Waals surface area contributed by atoms with E-state index in [4.69, 9.17) is 5.73 Å². The summed E-state index contributed by atoms with van der Waals surface area (Å²) in [6.07, 6.45) is 0.449. The Morgan fingerprint density at radius 3 is 2.39 bits per heavy atom. The fraction of sp³-hybridized carbons (Fsp3) is 0.316. The highest BCUT2D eigenvalue weighted by molar-refractivity contribution is 5.79. The van der Waals surface area contributed by atoms with Crippen molar-refractivity contribution in [1.29, 1.82) is 0 Å². The van der Waals surface area contributed by atoms with Gasteiger partial charge in [0.05, 0.1) is 6.42 Å². The van der Waals surface area contributed by atoms with E-state index in [1.54, 1.807) is 0 Å². The Bertz CT molecular complexity index is 673. The topological polar surface area (TPSA) is 49.6 Å². The van der Waals surface area contributed by atoms with Gasteiger partial charge >= 0.3 is 0 Å². The molecule has 1 amide bonds. The number of amides is 1. The van der Waals surface area contributed by atoms with Gasteiger partial charge in [0.15, 0.2) is 0 Å². The molecule has 0 atom stereocenters. The van der Waals surface area contributed by atoms with Gasteiger partial charge in [-0.1, -0.05) is 24.3 Å². The Kier molecular flexibility index (Phi) is 4.51. The number of carbonyl (C=O) groups is 1. The molecule has 4 heteroatoms. The second kappa shape index (κ2) is 6.73. The predicted octanol–water partition coefficient (Wildman–Crippen LogP) is 2.47. The number of hydrogen-bond acceptors (Lipinski definition) is 3. The fourth-order valence-electron chi connectivity index (χ4n) is 2.96. The minimum Gasteiger partial charge on any atom is -0.399 e. The van der Waals surface area contributed by atoms with Crippen LogP contribution in [-0.2, 0) is 11.2 Å². The van der Waals surface area contributed by atoms with Crippen molar-refractivity contribution in [2.75, 3.05) is 36.8 Å². The summed E-state index contributed by atoms with van der Waals surface area (Å²) in [5.74, 6) is 0.193. The summed E-state index contributed by atoms with van der Waals surface area (Å²) in [5.41, 5.74) is 9.94. The van der Waals surface area contributed by atoms with Crippen molar-refractivity contribution < 1.29 is 4.79 Å². The van der Waals surface area contributed by atoms with Gasteiger partial charge in [-0.2, -0.15) is 0 Å². The van der Waals surface area contributed by atoms with Crippen LogP contribution in [0.2, 0.25) is 0 Å². The lowest BCUT2D eigenvalue weighted by molar-refractivity contribution is -0.130. The van der Waals surface area contributed by atoms with E-state index in [9.17, 15) is 4.79 Å². The lowest BCUT2D eigenvalue weighted by atomic mass is 10.1. The highest BCUT2D eigenvalue weighted by Crippen LogP contribution is 2.18. The van der Waals surface area contributed by atoms with Crippen molar-refractivity contribution in [2.24, 2.45) is 0 Å². The molecule has 3 rings (SSSR count). The maximum Gasteiger partial charge on any atom is 0.227 e. The molecule has 1 saturated heterocycles. The molecule has 0 spiro atoms. The van der Waals surface area contributed by atoms with Gasteiger partial charge in [0.25, 0.3) is 0 Å². The number of hydrogen-bond donors (Lipinski definition) is 1. The average Bonchev–Trinajstić information content (AvgIpc) is 2.57. The molecule has 1 aliphatic heterocycles. The van der Waals surface area contributed by atoms with Crippen molar-refractivity contribution in [3.05, 3.63) is 59.7 Å². The van der Waals surface area contributed by atoms with Gasteiger partial charge in [-0.3, -0.25) is 4.79 Å². The summed E-state index contributed by atoms with van der Waals surface area (Å²) >= 11 is 0. The molecule has 1 aliphatic rings. The quantitative estimate of drug-likeness (QED) is 0.886. The van der Waals surface area contributed by atoms with E-state index in [0.29, 0.717) is 6.42 Å². The molecule has 1 fully saturated rings. The fourth-order valence-corrected chi connectivity index (χ4v) is 2.96. The summed E-state index contributed by atoms with van der Waals surface area (Å²) in [5, 5.41) is 0. The van der Waals surface area contributed by atoms with Crippen molar-refractivity contribution in [3.8, 4) is 0 Å². The van der Waals surface area contributed by atoms with Crippen LogP contribution in [0.25, 0.3) is 0 Å². The normalized spacial score (nSPS) is 14.8. The molecule has 0 bridgehead atoms. The van der Waals surface area contributed by atoms with Crippen LogP contribution in [-0.4, -0.2) is 37.0 Å². The maximum atomic E-state index is 12.4. The first-order valence-electron chi connectivity index (χ1n) is 8.05. The first-order chi connectivity index (χ1) is 11.1. The molecule has 0 radical (unpaired) electrons. The number of benzene rings is 2. The van der Waals surface area contributed by atoms with Crippen molar-refractivity contribution in [2.45, 2.75) is 13.3 Å². The van der Waals surface area contributed by atoms with Crippen LogP contribution in [0.15, 0.2) is 48.5 Å². The van der Waals surface area contributed by atoms with E-state index in [1.807, 2.05) is 29.2 Å². The average molecular weight is 309 g/mol. The second-order valence-corrected chi connectivity index (χ2v) is 6.13. The minimum absolute atomic E-state index is 0.193. The van der Waals surface area contributed by atoms with Gasteiger partial charge in [0.1, 0.15) is 0 Å². The minimum atomic E-state index is 0.193. The monoisotopic (exact) mass is 309 g/mol. The molecule has 0 aliphatic carbocycles. The Balaban J connectivity index is 1.56. The van der Waals surface area contributed by atoms with E-state index < -0.39 is 0 Å². The second-order valence-electron chi connectivity index (χ2n) is 6.13. The van der Waals surface area contributed by atoms with Crippen LogP contribution >= 0.6 is 0 Å². The molecule has 2 aromatic rings. The molecule has 120 valence electrons. The van der Waals surface area contributed by atoms with Crippen LogP contribution in [0, 0.1) is 6.92 Å². The summed E-state index contributed by atoms with van der Waals surface area (Å²) in [6.45, 7) is 5.44. The number of nitrogen functional groups attached to an aromatic ring is 1. The smallest absolute Gasteiger partial charge is 0.227 e. The van der Waals surface area contributed by atoms with E-state index in [0.717, 1.165) is 37.4 Å². The molecule has 0 saturated carbocycles. The Morgan fingerprint density at radius 2 is 1.74 bits per heavy atom. The maximum absolute atomic E-state index is 12.4. The number of aryl methyl sites for hydroxylation is 1. The number of rotatable bonds is 3. The summed E-state index contributed by atoms with van der Waals surface area (Å²) in [4.78, 5) is 16.7. The zero-order chi connectivity index (χ0) is 16.2. The third-order valence-corrected chi connectivity index (χ3v) is 4.33. The van der Waals surface area contributed by atoms with E-state index >= 15 is 0 Å². The van der Waals surface area contributed by atoms with Gasteiger partial charge in [-0.05, 0) is 42.3 Å². The molecular weight excluding hydrogens is 286 g/mol. The van der Waals surface area contributed by atoms with E-state index in [2.05, 4.69) is 36.1 Å². The van der Waals surface area contributed by atoms with Gasteiger partial charge in [-0.15, -0.1) is 0 Å². The first kappa shape index (κ1) is 15.4. The van der Waals surface area contributed by atoms with Gasteiger partial charge in [-0.25, -0.2) is 0 Å². The van der Waals surface area contributed by atoms with Crippen molar-refractivity contribution >= 4 is 17.3 Å². The number of carbonyl (C=O) groups excluding carboxylic acids is 1. The van der Waals surface area contributed by atoms with Gasteiger partial charge in [0, 0.05) is 37.6 Å². The summed E-state index contributed by atoms with van der Waals surface area (Å²) in [6, 6.07) is 16.1. The number of anilines is 2. The summed E-state index contributed by atoms with van der Waals surface area (Å²) < 4.78 is 0. The zero-order valence-electron chi connectivity index (χ0n) is 13.5. The third-order valence-electron chi connectivity index (χ3n) is 4.33. The molecule has 1 heterocycles. The number of nitrogens with two attached hydrogens (primary N) is 1. The van der Waals surface area contributed by atoms with Crippen LogP contribution < -0.4 is 10.6 Å². The Labute approximate surface area is 137 Å². The predicted molar refractivity (Wildman–Crippen MR) is 94.5 cm³/mol. The molecule has 23 heavy (non-hydrogen) atoms. The Hall–Kier alpha value is -2.49. The van der Waals surface area contributed by atoms with Crippen LogP contribution in [0.1, 0.15) is 11.1 Å². The zero-order valence-corrected chi connectivity index (χ0v) is 13.5. The summed E-state index contributed by atoms with van der Waals surface area (Å²) in [7, 11) is 0. The number of piperazine rings is 1. The van der Waals surface area contributed by atoms with Gasteiger partial charge < -0.3 is 15.5 Å². The standard InChI is InChI=1S/C19H23N3O/c1-15-3-2-4-18(13-15)21-9-11-22(12-10-21)19(23)14-16-5-7-17(20)8-6-16/h2-8,13H,9-12,14,20H2,1H3. The Morgan fingerprint density at radius 1 is 1.04 bits per heavy atom. The molecule has 4 nitrogen and oxygen atoms in total. The molecule has 2 N–H and O–H groups in total. The lowest BCUT2D eigenvalue weighted by Gasteiger charge is -2.36. The van der Waals surface area contributed by atoms with Crippen LogP contribution in [0.3, 0.4) is 0 Å². The lowest BCUT2D eigenvalue weighted by Crippen LogP contribution is -2.49. The molecule has 0 aromatic heterocycles. The van der Waals surface area contributed by atoms with Crippen LogP contribution in [0.4, 0.5) is 11.4 Å². The van der Waals surface area contributed by atoms with Gasteiger partial charge in [0.2, 0.25) is 5.91 Å². The third kappa shape index (κ3) is 3.83. The van der Waals surface area contributed by atoms with Crippen molar-refractivity contribution in [1.82, 2.24) is 4.90 Å².